The summed E-state index contributed by atoms with van der Waals surface area (Å²) in [6, 6.07) is 14.1. The molecular weight excluding hydrogens is 775 g/mol. The van der Waals surface area contributed by atoms with Gasteiger partial charge in [-0.05, 0) is 74.4 Å². The average Bonchev–Trinajstić information content (AvgIpc) is 3.77. The molecule has 58 heavy (non-hydrogen) atoms. The molecule has 13 nitrogen and oxygen atoms in total. The Bertz CT molecular complexity index is 2640. The van der Waals surface area contributed by atoms with Crippen LogP contribution in [0.3, 0.4) is 0 Å². The Morgan fingerprint density at radius 3 is 2.50 bits per heavy atom. The number of aromatic nitrogens is 7. The number of hydrogen-bond donors (Lipinski definition) is 1. The zero-order chi connectivity index (χ0) is 40.9. The van der Waals surface area contributed by atoms with E-state index in [1.807, 2.05) is 50.2 Å². The van der Waals surface area contributed by atoms with Crippen LogP contribution in [-0.4, -0.2) is 63.9 Å². The predicted octanol–water partition coefficient (Wildman–Crippen LogP) is 6.93. The van der Waals surface area contributed by atoms with E-state index in [0.717, 1.165) is 29.3 Å². The van der Waals surface area contributed by atoms with Crippen molar-refractivity contribution in [2.24, 2.45) is 0 Å². The standard InChI is InChI=1S/C41H37ClF3N9O4/c1-23-15-27(19-46-18-23)36-50-39-53(20-31(55)49-30-10-9-28(16-29(30)42)41(43,44)45)34-24(2)17-40(32(34)37(56)54(39)51-36)11-13-52(14-12-40)38(57)33-35(25(3)47-22-48-33)58-21-26-7-5-4-6-8-26/h4-10,15-16,18-19,22,24H,11-14,17,20-21H2,1-3H3,(H,49,55). The highest BCUT2D eigenvalue weighted by Gasteiger charge is 2.49. The molecule has 6 aromatic rings. The smallest absolute Gasteiger partial charge is 0.416 e. The Morgan fingerprint density at radius 2 is 1.79 bits per heavy atom. The third kappa shape index (κ3) is 7.16. The minimum atomic E-state index is -4.61. The molecule has 1 saturated heterocycles. The van der Waals surface area contributed by atoms with E-state index < -0.39 is 23.1 Å². The summed E-state index contributed by atoms with van der Waals surface area (Å²) >= 11 is 6.19. The number of carbonyl (C=O) groups is 2. The number of rotatable bonds is 8. The molecule has 1 atom stereocenters. The molecule has 4 aromatic heterocycles. The van der Waals surface area contributed by atoms with Crippen molar-refractivity contribution in [3.63, 3.8) is 0 Å². The van der Waals surface area contributed by atoms with E-state index in [2.05, 4.69) is 25.4 Å². The van der Waals surface area contributed by atoms with Crippen LogP contribution in [0.15, 0.2) is 78.1 Å². The molecule has 298 valence electrons. The number of alkyl halides is 3. The van der Waals surface area contributed by atoms with Crippen molar-refractivity contribution in [2.75, 3.05) is 18.4 Å². The van der Waals surface area contributed by atoms with Crippen LogP contribution in [0.2, 0.25) is 5.02 Å². The largest absolute Gasteiger partial charge is 0.485 e. The monoisotopic (exact) mass is 811 g/mol. The molecule has 8 rings (SSSR count). The van der Waals surface area contributed by atoms with Gasteiger partial charge >= 0.3 is 6.18 Å². The zero-order valence-corrected chi connectivity index (χ0v) is 32.4. The second-order valence-corrected chi connectivity index (χ2v) is 15.3. The lowest BCUT2D eigenvalue weighted by molar-refractivity contribution is -0.137. The van der Waals surface area contributed by atoms with Crippen LogP contribution in [0.4, 0.5) is 18.9 Å². The zero-order valence-electron chi connectivity index (χ0n) is 31.7. The maximum absolute atomic E-state index is 14.7. The molecule has 2 amide bonds. The highest BCUT2D eigenvalue weighted by atomic mass is 35.5. The number of amides is 2. The van der Waals surface area contributed by atoms with Crippen LogP contribution >= 0.6 is 11.6 Å². The average molecular weight is 812 g/mol. The van der Waals surface area contributed by atoms with Crippen LogP contribution in [0, 0.1) is 13.8 Å². The van der Waals surface area contributed by atoms with E-state index in [1.165, 1.54) is 10.8 Å². The second-order valence-electron chi connectivity index (χ2n) is 14.9. The highest BCUT2D eigenvalue weighted by molar-refractivity contribution is 6.33. The minimum absolute atomic E-state index is 0.00423. The molecule has 1 aliphatic carbocycles. The summed E-state index contributed by atoms with van der Waals surface area (Å²) in [4.78, 5) is 61.8. The van der Waals surface area contributed by atoms with Crippen LogP contribution in [0.1, 0.15) is 76.2 Å². The van der Waals surface area contributed by atoms with Crippen molar-refractivity contribution in [1.29, 1.82) is 0 Å². The summed E-state index contributed by atoms with van der Waals surface area (Å²) in [5, 5.41) is 6.97. The van der Waals surface area contributed by atoms with Crippen molar-refractivity contribution in [3.05, 3.63) is 128 Å². The molecule has 1 N–H and O–H groups in total. The van der Waals surface area contributed by atoms with Crippen molar-refractivity contribution in [2.45, 2.75) is 70.7 Å². The first-order valence-corrected chi connectivity index (χ1v) is 19.0. The predicted molar refractivity (Wildman–Crippen MR) is 208 cm³/mol. The molecule has 0 bridgehead atoms. The number of nitrogens with zero attached hydrogens (tertiary/aromatic N) is 8. The van der Waals surface area contributed by atoms with E-state index in [1.54, 1.807) is 28.8 Å². The molecule has 1 unspecified atom stereocenters. The van der Waals surface area contributed by atoms with Gasteiger partial charge in [0.25, 0.3) is 11.5 Å². The number of hydrogen-bond acceptors (Lipinski definition) is 9. The quantitative estimate of drug-likeness (QED) is 0.173. The van der Waals surface area contributed by atoms with Crippen molar-refractivity contribution in [3.8, 4) is 17.1 Å². The fourth-order valence-electron chi connectivity index (χ4n) is 8.21. The van der Waals surface area contributed by atoms with Gasteiger partial charge in [-0.15, -0.1) is 5.10 Å². The number of piperidine rings is 1. The van der Waals surface area contributed by atoms with Crippen LogP contribution in [0.5, 0.6) is 5.75 Å². The Balaban J connectivity index is 1.13. The van der Waals surface area contributed by atoms with Gasteiger partial charge in [0.1, 0.15) is 19.5 Å². The summed E-state index contributed by atoms with van der Waals surface area (Å²) < 4.78 is 48.9. The number of ether oxygens (including phenoxy) is 1. The van der Waals surface area contributed by atoms with E-state index in [4.69, 9.17) is 21.3 Å². The molecule has 1 spiro atoms. The minimum Gasteiger partial charge on any atom is -0.485 e. The topological polar surface area (TPSA) is 149 Å². The van der Waals surface area contributed by atoms with Crippen LogP contribution in [0.25, 0.3) is 17.2 Å². The molecule has 5 heterocycles. The number of aryl methyl sites for hydroxylation is 2. The Kier molecular flexibility index (Phi) is 9.99. The van der Waals surface area contributed by atoms with Gasteiger partial charge in [0.2, 0.25) is 11.7 Å². The lowest BCUT2D eigenvalue weighted by atomic mass is 9.73. The van der Waals surface area contributed by atoms with Gasteiger partial charge < -0.3 is 19.5 Å². The van der Waals surface area contributed by atoms with Gasteiger partial charge in [0.15, 0.2) is 17.3 Å². The number of carbonyl (C=O) groups excluding carboxylic acids is 2. The number of nitrogens with one attached hydrogen (secondary N) is 1. The molecule has 17 heteroatoms. The lowest BCUT2D eigenvalue weighted by Gasteiger charge is -2.39. The SMILES string of the molecule is Cc1cncc(-c2nc3n(CC(=O)Nc4ccc(C(F)(F)F)cc4Cl)c4c(c(=O)n3n2)C2(CCN(C(=O)c3ncnc(C)c3OCc3ccccc3)CC2)CC4C)c1. The fraction of sp³-hybridized carbons (Fsp3) is 0.317. The van der Waals surface area contributed by atoms with Gasteiger partial charge in [-0.3, -0.25) is 19.4 Å². The molecule has 2 aliphatic rings. The first kappa shape index (κ1) is 38.7. The van der Waals surface area contributed by atoms with Gasteiger partial charge in [-0.1, -0.05) is 48.9 Å². The molecular formula is C41H37ClF3N9O4. The van der Waals surface area contributed by atoms with Crippen LogP contribution in [-0.2, 0) is 29.5 Å². The number of benzene rings is 2. The van der Waals surface area contributed by atoms with Crippen molar-refractivity contribution >= 4 is 34.9 Å². The normalized spacial score (nSPS) is 16.1. The number of anilines is 1. The highest BCUT2D eigenvalue weighted by Crippen LogP contribution is 2.50. The number of halogens is 4. The summed E-state index contributed by atoms with van der Waals surface area (Å²) in [7, 11) is 0. The number of pyridine rings is 1. The van der Waals surface area contributed by atoms with Gasteiger partial charge in [0, 0.05) is 47.7 Å². The Morgan fingerprint density at radius 1 is 1.03 bits per heavy atom. The first-order valence-electron chi connectivity index (χ1n) is 18.6. The summed E-state index contributed by atoms with van der Waals surface area (Å²) in [6.07, 6.45) is 1.43. The maximum atomic E-state index is 14.7. The maximum Gasteiger partial charge on any atom is 0.416 e. The van der Waals surface area contributed by atoms with Crippen LogP contribution < -0.4 is 15.6 Å². The third-order valence-corrected chi connectivity index (χ3v) is 11.2. The van der Waals surface area contributed by atoms with Crippen molar-refractivity contribution < 1.29 is 27.5 Å². The summed E-state index contributed by atoms with van der Waals surface area (Å²) in [5.74, 6) is -0.481. The molecule has 1 fully saturated rings. The Labute approximate surface area is 334 Å². The molecule has 2 aromatic carbocycles. The summed E-state index contributed by atoms with van der Waals surface area (Å²) in [5.41, 5.74) is 2.12. The number of fused-ring (bicyclic) bond motifs is 3. The summed E-state index contributed by atoms with van der Waals surface area (Å²) in [6.45, 7) is 6.11. The first-order chi connectivity index (χ1) is 27.7. The molecule has 0 radical (unpaired) electrons. The van der Waals surface area contributed by atoms with Gasteiger partial charge in [0.05, 0.1) is 22.0 Å². The molecule has 0 saturated carbocycles. The van der Waals surface area contributed by atoms with Crippen molar-refractivity contribution in [1.82, 2.24) is 39.0 Å². The van der Waals surface area contributed by atoms with E-state index in [0.29, 0.717) is 60.6 Å². The van der Waals surface area contributed by atoms with E-state index >= 15 is 0 Å². The molecule has 1 aliphatic heterocycles. The fourth-order valence-corrected chi connectivity index (χ4v) is 8.44. The lowest BCUT2D eigenvalue weighted by Crippen LogP contribution is -2.47. The Hall–Kier alpha value is -6.16. The van der Waals surface area contributed by atoms with Gasteiger partial charge in [-0.2, -0.15) is 22.7 Å². The van der Waals surface area contributed by atoms with Gasteiger partial charge in [-0.25, -0.2) is 9.97 Å². The third-order valence-electron chi connectivity index (χ3n) is 10.9. The van der Waals surface area contributed by atoms with E-state index in [9.17, 15) is 27.6 Å². The number of likely N-dealkylation sites (tertiary alicyclic amines) is 1. The second kappa shape index (κ2) is 15.0. The van der Waals surface area contributed by atoms with E-state index in [-0.39, 0.29) is 58.5 Å².